The fourth-order valence-corrected chi connectivity index (χ4v) is 1.21. The fraction of sp³-hybridized carbons (Fsp3) is 0.889. The van der Waals surface area contributed by atoms with Crippen LogP contribution in [0, 0.1) is 5.92 Å². The van der Waals surface area contributed by atoms with Crippen LogP contribution in [0.4, 0.5) is 0 Å². The average Bonchev–Trinajstić information content (AvgIpc) is 2.35. The van der Waals surface area contributed by atoms with Crippen molar-refractivity contribution in [2.75, 3.05) is 6.54 Å². The van der Waals surface area contributed by atoms with Crippen molar-refractivity contribution in [3.05, 3.63) is 0 Å². The molecule has 1 saturated carbocycles. The van der Waals surface area contributed by atoms with E-state index in [1.54, 1.807) is 0 Å². The zero-order valence-electron chi connectivity index (χ0n) is 7.80. The van der Waals surface area contributed by atoms with Gasteiger partial charge in [-0.3, -0.25) is 9.63 Å². The van der Waals surface area contributed by atoms with E-state index < -0.39 is 0 Å². The Kier molecular flexibility index (Phi) is 3.69. The Morgan fingerprint density at radius 1 is 1.67 bits per heavy atom. The molecule has 1 aliphatic carbocycles. The van der Waals surface area contributed by atoms with E-state index in [1.807, 2.05) is 0 Å². The average molecular weight is 171 g/mol. The van der Waals surface area contributed by atoms with Crippen LogP contribution in [0.15, 0.2) is 0 Å². The van der Waals surface area contributed by atoms with Crippen LogP contribution in [-0.4, -0.2) is 18.4 Å². The third-order valence-electron chi connectivity index (χ3n) is 1.94. The third kappa shape index (κ3) is 3.32. The zero-order chi connectivity index (χ0) is 8.97. The molecule has 0 heterocycles. The van der Waals surface area contributed by atoms with Crippen LogP contribution in [-0.2, 0) is 9.63 Å². The van der Waals surface area contributed by atoms with Crippen LogP contribution >= 0.6 is 0 Å². The lowest BCUT2D eigenvalue weighted by atomic mass is 10.2. The molecule has 70 valence electrons. The van der Waals surface area contributed by atoms with Gasteiger partial charge in [0.05, 0.1) is 6.10 Å². The maximum Gasteiger partial charge on any atom is 0.135 e. The Morgan fingerprint density at radius 2 is 2.42 bits per heavy atom. The molecule has 1 fully saturated rings. The fourth-order valence-electron chi connectivity index (χ4n) is 1.21. The number of nitrogens with one attached hydrogen (secondary N) is 1. The standard InChI is InChI=1S/C9H17NO2/c1-7(2)6-10-12-9-4-3-8(11)5-9/h7,9-10H,3-6H2,1-2H3. The molecule has 1 aliphatic rings. The summed E-state index contributed by atoms with van der Waals surface area (Å²) in [6.07, 6.45) is 2.28. The summed E-state index contributed by atoms with van der Waals surface area (Å²) in [6, 6.07) is 0. The van der Waals surface area contributed by atoms with Gasteiger partial charge in [0, 0.05) is 19.4 Å². The van der Waals surface area contributed by atoms with E-state index in [0.29, 0.717) is 24.5 Å². The second-order valence-electron chi connectivity index (χ2n) is 3.76. The minimum atomic E-state index is 0.122. The summed E-state index contributed by atoms with van der Waals surface area (Å²) in [7, 11) is 0. The van der Waals surface area contributed by atoms with Gasteiger partial charge in [0.1, 0.15) is 5.78 Å². The molecule has 1 unspecified atom stereocenters. The summed E-state index contributed by atoms with van der Waals surface area (Å²) in [5.74, 6) is 0.911. The minimum Gasteiger partial charge on any atom is -0.300 e. The summed E-state index contributed by atoms with van der Waals surface area (Å²) in [6.45, 7) is 5.09. The molecule has 1 atom stereocenters. The van der Waals surface area contributed by atoms with Gasteiger partial charge in [0.15, 0.2) is 0 Å². The maximum atomic E-state index is 10.8. The number of ketones is 1. The van der Waals surface area contributed by atoms with Crippen molar-refractivity contribution in [1.29, 1.82) is 0 Å². The lowest BCUT2D eigenvalue weighted by Gasteiger charge is -2.12. The van der Waals surface area contributed by atoms with Gasteiger partial charge in [-0.15, -0.1) is 0 Å². The van der Waals surface area contributed by atoms with Crippen molar-refractivity contribution in [1.82, 2.24) is 5.48 Å². The van der Waals surface area contributed by atoms with E-state index in [2.05, 4.69) is 19.3 Å². The summed E-state index contributed by atoms with van der Waals surface area (Å²) in [5.41, 5.74) is 2.90. The monoisotopic (exact) mass is 171 g/mol. The topological polar surface area (TPSA) is 38.3 Å². The molecular weight excluding hydrogens is 154 g/mol. The predicted molar refractivity (Wildman–Crippen MR) is 46.6 cm³/mol. The summed E-state index contributed by atoms with van der Waals surface area (Å²) < 4.78 is 0. The molecule has 0 aromatic rings. The Labute approximate surface area is 73.4 Å². The Balaban J connectivity index is 2.04. The van der Waals surface area contributed by atoms with Crippen molar-refractivity contribution >= 4 is 5.78 Å². The number of carbonyl (C=O) groups is 1. The van der Waals surface area contributed by atoms with E-state index in [4.69, 9.17) is 4.84 Å². The van der Waals surface area contributed by atoms with Crippen LogP contribution in [0.5, 0.6) is 0 Å². The number of hydrogen-bond donors (Lipinski definition) is 1. The van der Waals surface area contributed by atoms with Crippen LogP contribution in [0.1, 0.15) is 33.1 Å². The number of hydrogen-bond acceptors (Lipinski definition) is 3. The summed E-state index contributed by atoms with van der Waals surface area (Å²) in [5, 5.41) is 0. The minimum absolute atomic E-state index is 0.122. The SMILES string of the molecule is CC(C)CNOC1CCC(=O)C1. The number of rotatable bonds is 4. The molecule has 0 amide bonds. The van der Waals surface area contributed by atoms with Crippen LogP contribution < -0.4 is 5.48 Å². The van der Waals surface area contributed by atoms with Gasteiger partial charge < -0.3 is 0 Å². The first-order chi connectivity index (χ1) is 5.68. The second-order valence-corrected chi connectivity index (χ2v) is 3.76. The van der Waals surface area contributed by atoms with Crippen LogP contribution in [0.3, 0.4) is 0 Å². The summed E-state index contributed by atoms with van der Waals surface area (Å²) in [4.78, 5) is 16.2. The molecule has 0 radical (unpaired) electrons. The highest BCUT2D eigenvalue weighted by Crippen LogP contribution is 2.16. The first kappa shape index (κ1) is 9.68. The second kappa shape index (κ2) is 4.58. The van der Waals surface area contributed by atoms with Crippen LogP contribution in [0.2, 0.25) is 0 Å². The lowest BCUT2D eigenvalue weighted by Crippen LogP contribution is -2.25. The zero-order valence-corrected chi connectivity index (χ0v) is 7.80. The number of Topliss-reactive ketones (excluding diaryl/α,β-unsaturated/α-hetero) is 1. The van der Waals surface area contributed by atoms with Crippen molar-refractivity contribution < 1.29 is 9.63 Å². The molecule has 1 N–H and O–H groups in total. The van der Waals surface area contributed by atoms with E-state index in [0.717, 1.165) is 13.0 Å². The van der Waals surface area contributed by atoms with E-state index in [9.17, 15) is 4.79 Å². The van der Waals surface area contributed by atoms with Gasteiger partial charge in [-0.25, -0.2) is 5.48 Å². The van der Waals surface area contributed by atoms with Crippen LogP contribution in [0.25, 0.3) is 0 Å². The maximum absolute atomic E-state index is 10.8. The van der Waals surface area contributed by atoms with Gasteiger partial charge in [-0.1, -0.05) is 13.8 Å². The Hall–Kier alpha value is -0.410. The smallest absolute Gasteiger partial charge is 0.135 e. The Morgan fingerprint density at radius 3 is 2.92 bits per heavy atom. The van der Waals surface area contributed by atoms with Crippen molar-refractivity contribution in [3.63, 3.8) is 0 Å². The van der Waals surface area contributed by atoms with Gasteiger partial charge in [0.25, 0.3) is 0 Å². The molecule has 1 rings (SSSR count). The van der Waals surface area contributed by atoms with Crippen molar-refractivity contribution in [2.45, 2.75) is 39.2 Å². The molecule has 3 nitrogen and oxygen atoms in total. The van der Waals surface area contributed by atoms with E-state index in [-0.39, 0.29) is 6.10 Å². The molecular formula is C9H17NO2. The molecule has 0 aromatic heterocycles. The number of hydroxylamine groups is 1. The lowest BCUT2D eigenvalue weighted by molar-refractivity contribution is -0.118. The van der Waals surface area contributed by atoms with Gasteiger partial charge >= 0.3 is 0 Å². The van der Waals surface area contributed by atoms with E-state index in [1.165, 1.54) is 0 Å². The highest BCUT2D eigenvalue weighted by atomic mass is 16.7. The molecule has 0 saturated heterocycles. The molecule has 3 heteroatoms. The first-order valence-corrected chi connectivity index (χ1v) is 4.58. The van der Waals surface area contributed by atoms with E-state index >= 15 is 0 Å². The molecule has 12 heavy (non-hydrogen) atoms. The summed E-state index contributed by atoms with van der Waals surface area (Å²) >= 11 is 0. The molecule has 0 spiro atoms. The molecule has 0 bridgehead atoms. The Bertz CT molecular complexity index is 157. The van der Waals surface area contributed by atoms with Crippen molar-refractivity contribution in [2.24, 2.45) is 5.92 Å². The van der Waals surface area contributed by atoms with Gasteiger partial charge in [-0.2, -0.15) is 0 Å². The van der Waals surface area contributed by atoms with Gasteiger partial charge in [0.2, 0.25) is 0 Å². The molecule has 0 aromatic carbocycles. The number of carbonyl (C=O) groups excluding carboxylic acids is 1. The highest BCUT2D eigenvalue weighted by Gasteiger charge is 2.22. The first-order valence-electron chi connectivity index (χ1n) is 4.58. The highest BCUT2D eigenvalue weighted by molar-refractivity contribution is 5.80. The van der Waals surface area contributed by atoms with Crippen molar-refractivity contribution in [3.8, 4) is 0 Å². The molecule has 0 aliphatic heterocycles. The normalized spacial score (nSPS) is 23.9. The van der Waals surface area contributed by atoms with Gasteiger partial charge in [-0.05, 0) is 12.3 Å². The quantitative estimate of drug-likeness (QED) is 0.648. The third-order valence-corrected chi connectivity index (χ3v) is 1.94. The largest absolute Gasteiger partial charge is 0.300 e. The predicted octanol–water partition coefficient (Wildman–Crippen LogP) is 1.29.